The third kappa shape index (κ3) is 4.41. The van der Waals surface area contributed by atoms with Crippen LogP contribution in [0.15, 0.2) is 89.9 Å². The number of rotatable bonds is 6. The minimum atomic E-state index is -0.820. The van der Waals surface area contributed by atoms with Gasteiger partial charge >= 0.3 is 5.91 Å². The van der Waals surface area contributed by atoms with Crippen LogP contribution >= 0.6 is 11.3 Å². The van der Waals surface area contributed by atoms with Gasteiger partial charge in [-0.3, -0.25) is 14.5 Å². The van der Waals surface area contributed by atoms with E-state index in [9.17, 15) is 14.7 Å². The highest BCUT2D eigenvalue weighted by Gasteiger charge is 2.48. The number of aromatic nitrogens is 1. The molecule has 1 saturated heterocycles. The number of thiazole rings is 1. The Morgan fingerprint density at radius 3 is 2.47 bits per heavy atom. The zero-order chi connectivity index (χ0) is 25.2. The lowest BCUT2D eigenvalue weighted by Crippen LogP contribution is -2.29. The fourth-order valence-corrected chi connectivity index (χ4v) is 4.97. The molecule has 1 unspecified atom stereocenters. The van der Waals surface area contributed by atoms with Crippen molar-refractivity contribution in [1.29, 1.82) is 0 Å². The van der Waals surface area contributed by atoms with Gasteiger partial charge in [0.2, 0.25) is 0 Å². The van der Waals surface area contributed by atoms with Crippen LogP contribution in [-0.4, -0.2) is 21.8 Å². The molecular formula is C29H24N2O4S. The molecule has 1 aliphatic heterocycles. The van der Waals surface area contributed by atoms with Crippen molar-refractivity contribution in [2.75, 3.05) is 4.90 Å². The second-order valence-electron chi connectivity index (χ2n) is 8.65. The number of hydrogen-bond acceptors (Lipinski definition) is 6. The smallest absolute Gasteiger partial charge is 0.301 e. The second kappa shape index (κ2) is 9.79. The molecule has 2 heterocycles. The van der Waals surface area contributed by atoms with E-state index in [1.54, 1.807) is 23.7 Å². The molecule has 0 aliphatic carbocycles. The highest BCUT2D eigenvalue weighted by molar-refractivity contribution is 7.14. The zero-order valence-electron chi connectivity index (χ0n) is 19.8. The van der Waals surface area contributed by atoms with Gasteiger partial charge in [0.1, 0.15) is 18.1 Å². The molecule has 5 rings (SSSR count). The standard InChI is InChI=1S/C29H24N2O4S/c1-18-8-9-19(2)23(16-18)26(32)24-25(31(28(34)27(24)33)29-30-14-15-36-29)21-10-12-22(13-11-21)35-17-20-6-4-3-5-7-20/h3-16,25,32H,17H2,1-2H3. The van der Waals surface area contributed by atoms with Crippen LogP contribution in [-0.2, 0) is 16.2 Å². The summed E-state index contributed by atoms with van der Waals surface area (Å²) in [7, 11) is 0. The van der Waals surface area contributed by atoms with Crippen LogP contribution in [0.3, 0.4) is 0 Å². The maximum Gasteiger partial charge on any atom is 0.301 e. The van der Waals surface area contributed by atoms with Gasteiger partial charge < -0.3 is 9.84 Å². The zero-order valence-corrected chi connectivity index (χ0v) is 20.7. The molecule has 0 radical (unpaired) electrons. The SMILES string of the molecule is Cc1ccc(C)c(C(O)=C2C(=O)C(=O)N(c3nccs3)C2c2ccc(OCc3ccccc3)cc2)c1. The van der Waals surface area contributed by atoms with E-state index in [1.165, 1.54) is 16.2 Å². The van der Waals surface area contributed by atoms with Gasteiger partial charge in [-0.15, -0.1) is 11.3 Å². The summed E-state index contributed by atoms with van der Waals surface area (Å²) in [6.07, 6.45) is 1.58. The Morgan fingerprint density at radius 1 is 1.03 bits per heavy atom. The molecule has 6 nitrogen and oxygen atoms in total. The average Bonchev–Trinajstić information content (AvgIpc) is 3.51. The maximum atomic E-state index is 13.3. The lowest BCUT2D eigenvalue weighted by atomic mass is 9.93. The number of nitrogens with zero attached hydrogens (tertiary/aromatic N) is 2. The van der Waals surface area contributed by atoms with Crippen molar-refractivity contribution in [2.24, 2.45) is 0 Å². The van der Waals surface area contributed by atoms with Crippen LogP contribution in [0, 0.1) is 13.8 Å². The molecule has 1 amide bonds. The number of anilines is 1. The van der Waals surface area contributed by atoms with Gasteiger partial charge in [0.25, 0.3) is 5.78 Å². The van der Waals surface area contributed by atoms with Gasteiger partial charge in [-0.25, -0.2) is 4.98 Å². The molecule has 3 aromatic carbocycles. The van der Waals surface area contributed by atoms with E-state index in [4.69, 9.17) is 4.74 Å². The number of aliphatic hydroxyl groups excluding tert-OH is 1. The molecule has 36 heavy (non-hydrogen) atoms. The van der Waals surface area contributed by atoms with E-state index in [1.807, 2.05) is 74.5 Å². The maximum absolute atomic E-state index is 13.3. The van der Waals surface area contributed by atoms with E-state index in [2.05, 4.69) is 4.98 Å². The highest BCUT2D eigenvalue weighted by atomic mass is 32.1. The first-order valence-corrected chi connectivity index (χ1v) is 12.4. The molecule has 1 N–H and O–H groups in total. The fourth-order valence-electron chi connectivity index (χ4n) is 4.30. The molecule has 1 fully saturated rings. The van der Waals surface area contributed by atoms with Crippen LogP contribution in [0.25, 0.3) is 5.76 Å². The molecule has 4 aromatic rings. The van der Waals surface area contributed by atoms with E-state index in [0.717, 1.165) is 16.7 Å². The molecule has 180 valence electrons. The monoisotopic (exact) mass is 496 g/mol. The fraction of sp³-hybridized carbons (Fsp3) is 0.138. The summed E-state index contributed by atoms with van der Waals surface area (Å²) in [5, 5.41) is 13.5. The van der Waals surface area contributed by atoms with Gasteiger partial charge in [-0.1, -0.05) is 60.2 Å². The summed E-state index contributed by atoms with van der Waals surface area (Å²) in [5.41, 5.74) is 4.03. The number of carbonyl (C=O) groups excluding carboxylic acids is 2. The summed E-state index contributed by atoms with van der Waals surface area (Å²) in [6.45, 7) is 4.19. The molecular weight excluding hydrogens is 472 g/mol. The predicted octanol–water partition coefficient (Wildman–Crippen LogP) is 5.97. The summed E-state index contributed by atoms with van der Waals surface area (Å²) in [5.74, 6) is -0.990. The van der Waals surface area contributed by atoms with E-state index < -0.39 is 17.7 Å². The van der Waals surface area contributed by atoms with Crippen molar-refractivity contribution >= 4 is 33.9 Å². The van der Waals surface area contributed by atoms with Gasteiger partial charge in [0, 0.05) is 17.1 Å². The number of ether oxygens (including phenoxy) is 1. The number of ketones is 1. The number of carbonyl (C=O) groups is 2. The molecule has 0 bridgehead atoms. The summed E-state index contributed by atoms with van der Waals surface area (Å²) in [4.78, 5) is 32.1. The first-order chi connectivity index (χ1) is 17.4. The molecule has 0 spiro atoms. The lowest BCUT2D eigenvalue weighted by Gasteiger charge is -2.23. The summed E-state index contributed by atoms with van der Waals surface area (Å²) in [6, 6.07) is 21.9. The Hall–Kier alpha value is -4.23. The Balaban J connectivity index is 1.56. The van der Waals surface area contributed by atoms with Crippen molar-refractivity contribution in [3.8, 4) is 5.75 Å². The number of Topliss-reactive ketones (excluding diaryl/α,β-unsaturated/α-hetero) is 1. The predicted molar refractivity (Wildman–Crippen MR) is 140 cm³/mol. The van der Waals surface area contributed by atoms with Crippen LogP contribution in [0.4, 0.5) is 5.13 Å². The van der Waals surface area contributed by atoms with E-state index >= 15 is 0 Å². The number of hydrogen-bond donors (Lipinski definition) is 1. The quantitative estimate of drug-likeness (QED) is 0.202. The van der Waals surface area contributed by atoms with Gasteiger partial charge in [0.15, 0.2) is 5.13 Å². The molecule has 1 aliphatic rings. The second-order valence-corrected chi connectivity index (χ2v) is 9.52. The van der Waals surface area contributed by atoms with Gasteiger partial charge in [-0.05, 0) is 48.7 Å². The largest absolute Gasteiger partial charge is 0.507 e. The molecule has 1 atom stereocenters. The van der Waals surface area contributed by atoms with Crippen LogP contribution in [0.5, 0.6) is 5.75 Å². The van der Waals surface area contributed by atoms with Crippen molar-refractivity contribution in [3.05, 3.63) is 118 Å². The van der Waals surface area contributed by atoms with Crippen molar-refractivity contribution < 1.29 is 19.4 Å². The molecule has 0 saturated carbocycles. The van der Waals surface area contributed by atoms with Gasteiger partial charge in [0.05, 0.1) is 11.6 Å². The average molecular weight is 497 g/mol. The van der Waals surface area contributed by atoms with Crippen molar-refractivity contribution in [2.45, 2.75) is 26.5 Å². The lowest BCUT2D eigenvalue weighted by molar-refractivity contribution is -0.132. The number of aliphatic hydroxyl groups is 1. The van der Waals surface area contributed by atoms with Crippen LogP contribution in [0.2, 0.25) is 0 Å². The van der Waals surface area contributed by atoms with E-state index in [0.29, 0.717) is 28.6 Å². The Bertz CT molecular complexity index is 1440. The molecule has 1 aromatic heterocycles. The minimum absolute atomic E-state index is 0.0434. The van der Waals surface area contributed by atoms with Gasteiger partial charge in [-0.2, -0.15) is 0 Å². The summed E-state index contributed by atoms with van der Waals surface area (Å²) < 4.78 is 5.90. The molecule has 7 heteroatoms. The number of amides is 1. The number of benzene rings is 3. The minimum Gasteiger partial charge on any atom is -0.507 e. The number of aryl methyl sites for hydroxylation is 2. The summed E-state index contributed by atoms with van der Waals surface area (Å²) >= 11 is 1.26. The Morgan fingerprint density at radius 2 is 1.78 bits per heavy atom. The van der Waals surface area contributed by atoms with Crippen LogP contribution in [0.1, 0.15) is 33.9 Å². The first kappa shape index (κ1) is 23.5. The third-order valence-corrected chi connectivity index (χ3v) is 6.93. The first-order valence-electron chi connectivity index (χ1n) is 11.5. The Labute approximate surface area is 213 Å². The topological polar surface area (TPSA) is 79.7 Å². The van der Waals surface area contributed by atoms with E-state index in [-0.39, 0.29) is 11.3 Å². The van der Waals surface area contributed by atoms with Crippen LogP contribution < -0.4 is 9.64 Å². The third-order valence-electron chi connectivity index (χ3n) is 6.16. The Kier molecular flexibility index (Phi) is 6.40. The van der Waals surface area contributed by atoms with Crippen molar-refractivity contribution in [1.82, 2.24) is 4.98 Å². The normalized spacial score (nSPS) is 16.9. The highest BCUT2D eigenvalue weighted by Crippen LogP contribution is 2.43. The van der Waals surface area contributed by atoms with Crippen molar-refractivity contribution in [3.63, 3.8) is 0 Å².